The van der Waals surface area contributed by atoms with Gasteiger partial charge in [-0.3, -0.25) is 0 Å². The molecule has 1 rings (SSSR count). The van der Waals surface area contributed by atoms with Crippen LogP contribution in [0.1, 0.15) is 33.3 Å². The Morgan fingerprint density at radius 3 is 2.58 bits per heavy atom. The Morgan fingerprint density at radius 1 is 1.31 bits per heavy atom. The molecule has 1 aromatic rings. The summed E-state index contributed by atoms with van der Waals surface area (Å²) in [6.07, 6.45) is -0.365. The van der Waals surface area contributed by atoms with Crippen molar-refractivity contribution < 1.29 is 13.9 Å². The predicted molar refractivity (Wildman–Crippen MR) is 113 cm³/mol. The topological polar surface area (TPSA) is 66.0 Å². The van der Waals surface area contributed by atoms with E-state index in [9.17, 15) is 9.18 Å². The molecule has 148 valence electrons. The Morgan fingerprint density at radius 2 is 2.00 bits per heavy atom. The highest BCUT2D eigenvalue weighted by Crippen LogP contribution is 2.08. The monoisotopic (exact) mass is 480 g/mol. The summed E-state index contributed by atoms with van der Waals surface area (Å²) in [4.78, 5) is 17.8. The Hall–Kier alpha value is -1.58. The van der Waals surface area contributed by atoms with E-state index in [-0.39, 0.29) is 35.9 Å². The molecule has 0 fully saturated rings. The normalized spacial score (nSPS) is 11.4. The number of benzene rings is 1. The molecule has 0 saturated carbocycles. The largest absolute Gasteiger partial charge is 0.444 e. The lowest BCUT2D eigenvalue weighted by Crippen LogP contribution is -2.43. The molecule has 0 radical (unpaired) electrons. The number of amides is 1. The molecular formula is C18H30FIN4O2. The Labute approximate surface area is 172 Å². The zero-order valence-electron chi connectivity index (χ0n) is 16.1. The first-order chi connectivity index (χ1) is 11.7. The van der Waals surface area contributed by atoms with Crippen molar-refractivity contribution in [2.45, 2.75) is 39.8 Å². The lowest BCUT2D eigenvalue weighted by Gasteiger charge is -2.24. The molecule has 8 heteroatoms. The molecular weight excluding hydrogens is 450 g/mol. The van der Waals surface area contributed by atoms with E-state index in [0.29, 0.717) is 32.1 Å². The van der Waals surface area contributed by atoms with Gasteiger partial charge in [0.1, 0.15) is 11.4 Å². The fraction of sp³-hybridized carbons (Fsp3) is 0.556. The van der Waals surface area contributed by atoms with Gasteiger partial charge in [0.15, 0.2) is 5.96 Å². The molecule has 2 N–H and O–H groups in total. The van der Waals surface area contributed by atoms with Crippen LogP contribution in [-0.2, 0) is 11.3 Å². The van der Waals surface area contributed by atoms with Crippen molar-refractivity contribution in [3.05, 3.63) is 35.6 Å². The van der Waals surface area contributed by atoms with Crippen LogP contribution in [0.5, 0.6) is 0 Å². The fourth-order valence-corrected chi connectivity index (χ4v) is 1.92. The minimum absolute atomic E-state index is 0. The number of carbonyl (C=O) groups excluding carboxylic acids is 1. The van der Waals surface area contributed by atoms with Gasteiger partial charge in [0, 0.05) is 26.7 Å². The van der Waals surface area contributed by atoms with E-state index in [1.165, 1.54) is 17.0 Å². The number of rotatable bonds is 6. The lowest BCUT2D eigenvalue weighted by atomic mass is 10.2. The minimum atomic E-state index is -0.514. The van der Waals surface area contributed by atoms with E-state index >= 15 is 0 Å². The maximum Gasteiger partial charge on any atom is 0.410 e. The third-order valence-electron chi connectivity index (χ3n) is 3.10. The van der Waals surface area contributed by atoms with Gasteiger partial charge in [-0.15, -0.1) is 24.0 Å². The molecule has 26 heavy (non-hydrogen) atoms. The maximum absolute atomic E-state index is 13.2. The smallest absolute Gasteiger partial charge is 0.410 e. The second kappa shape index (κ2) is 11.9. The van der Waals surface area contributed by atoms with E-state index in [1.807, 2.05) is 33.8 Å². The van der Waals surface area contributed by atoms with Gasteiger partial charge in [0.25, 0.3) is 0 Å². The van der Waals surface area contributed by atoms with Crippen molar-refractivity contribution in [3.63, 3.8) is 0 Å². The third-order valence-corrected chi connectivity index (χ3v) is 3.10. The third kappa shape index (κ3) is 10.4. The van der Waals surface area contributed by atoms with Crippen molar-refractivity contribution in [2.75, 3.05) is 26.7 Å². The number of nitrogens with zero attached hydrogens (tertiary/aromatic N) is 2. The highest BCUT2D eigenvalue weighted by Gasteiger charge is 2.19. The Balaban J connectivity index is 0.00000625. The van der Waals surface area contributed by atoms with Gasteiger partial charge in [0.05, 0.1) is 6.54 Å². The molecule has 0 heterocycles. The summed E-state index contributed by atoms with van der Waals surface area (Å²) < 4.78 is 18.5. The first-order valence-electron chi connectivity index (χ1n) is 8.42. The minimum Gasteiger partial charge on any atom is -0.444 e. The van der Waals surface area contributed by atoms with Crippen molar-refractivity contribution in [2.24, 2.45) is 4.99 Å². The summed E-state index contributed by atoms with van der Waals surface area (Å²) in [5.74, 6) is 0.342. The number of carbonyl (C=O) groups is 1. The molecule has 0 spiro atoms. The number of likely N-dealkylation sites (N-methyl/N-ethyl adjacent to an activating group) is 1. The van der Waals surface area contributed by atoms with E-state index in [1.54, 1.807) is 13.1 Å². The van der Waals surface area contributed by atoms with Crippen LogP contribution in [0.3, 0.4) is 0 Å². The molecule has 0 aromatic heterocycles. The Bertz CT molecular complexity index is 591. The fourth-order valence-electron chi connectivity index (χ4n) is 1.92. The van der Waals surface area contributed by atoms with Crippen LogP contribution >= 0.6 is 24.0 Å². The van der Waals surface area contributed by atoms with Crippen LogP contribution in [0.15, 0.2) is 29.3 Å². The highest BCUT2D eigenvalue weighted by molar-refractivity contribution is 14.0. The van der Waals surface area contributed by atoms with Crippen LogP contribution in [-0.4, -0.2) is 49.2 Å². The van der Waals surface area contributed by atoms with E-state index in [0.717, 1.165) is 5.56 Å². The zero-order valence-corrected chi connectivity index (χ0v) is 18.5. The molecule has 6 nitrogen and oxygen atoms in total. The summed E-state index contributed by atoms with van der Waals surface area (Å²) in [5.41, 5.74) is 0.281. The number of hydrogen-bond donors (Lipinski definition) is 2. The van der Waals surface area contributed by atoms with Crippen molar-refractivity contribution in [1.82, 2.24) is 15.5 Å². The van der Waals surface area contributed by atoms with E-state index in [2.05, 4.69) is 15.6 Å². The zero-order chi connectivity index (χ0) is 18.9. The van der Waals surface area contributed by atoms with Gasteiger partial charge < -0.3 is 20.3 Å². The van der Waals surface area contributed by atoms with Crippen LogP contribution in [0.2, 0.25) is 0 Å². The van der Waals surface area contributed by atoms with Crippen molar-refractivity contribution in [3.8, 4) is 0 Å². The van der Waals surface area contributed by atoms with Crippen LogP contribution in [0.4, 0.5) is 9.18 Å². The molecule has 1 amide bonds. The average Bonchev–Trinajstić information content (AvgIpc) is 2.51. The molecule has 0 unspecified atom stereocenters. The lowest BCUT2D eigenvalue weighted by molar-refractivity contribution is 0.0302. The highest BCUT2D eigenvalue weighted by atomic mass is 127. The SMILES string of the molecule is CCNC(=NCc1cccc(F)c1)NCCN(C)C(=O)OC(C)(C)C.I. The average molecular weight is 480 g/mol. The van der Waals surface area contributed by atoms with Crippen LogP contribution in [0, 0.1) is 5.82 Å². The molecule has 0 aliphatic heterocycles. The quantitative estimate of drug-likeness (QED) is 0.373. The number of aliphatic imine (C=N–C) groups is 1. The summed E-state index contributed by atoms with van der Waals surface area (Å²) >= 11 is 0. The molecule has 0 saturated heterocycles. The second-order valence-electron chi connectivity index (χ2n) is 6.65. The summed E-state index contributed by atoms with van der Waals surface area (Å²) in [5, 5.41) is 6.27. The van der Waals surface area contributed by atoms with Crippen LogP contribution < -0.4 is 10.6 Å². The Kier molecular flexibility index (Phi) is 11.2. The molecule has 0 atom stereocenters. The maximum atomic E-state index is 13.2. The van der Waals surface area contributed by atoms with Crippen LogP contribution in [0.25, 0.3) is 0 Å². The summed E-state index contributed by atoms with van der Waals surface area (Å²) in [6, 6.07) is 6.36. The van der Waals surface area contributed by atoms with Gasteiger partial charge in [-0.25, -0.2) is 14.2 Å². The van der Waals surface area contributed by atoms with Crippen molar-refractivity contribution >= 4 is 36.0 Å². The summed E-state index contributed by atoms with van der Waals surface area (Å²) in [7, 11) is 1.69. The van der Waals surface area contributed by atoms with Crippen molar-refractivity contribution in [1.29, 1.82) is 0 Å². The van der Waals surface area contributed by atoms with E-state index < -0.39 is 5.60 Å². The predicted octanol–water partition coefficient (Wildman–Crippen LogP) is 3.37. The number of halogens is 2. The number of ether oxygens (including phenoxy) is 1. The molecule has 0 aliphatic rings. The molecule has 0 aliphatic carbocycles. The second-order valence-corrected chi connectivity index (χ2v) is 6.65. The standard InChI is InChI=1S/C18H29FN4O2.HI/c1-6-20-16(22-13-14-8-7-9-15(19)12-14)21-10-11-23(5)17(24)25-18(2,3)4;/h7-9,12H,6,10-11,13H2,1-5H3,(H2,20,21,22);1H. The van der Waals surface area contributed by atoms with Gasteiger partial charge >= 0.3 is 6.09 Å². The first-order valence-corrected chi connectivity index (χ1v) is 8.42. The van der Waals surface area contributed by atoms with Gasteiger partial charge in [0.2, 0.25) is 0 Å². The molecule has 0 bridgehead atoms. The number of nitrogens with one attached hydrogen (secondary N) is 2. The number of guanidine groups is 1. The van der Waals surface area contributed by atoms with Gasteiger partial charge in [-0.2, -0.15) is 0 Å². The van der Waals surface area contributed by atoms with Gasteiger partial charge in [-0.05, 0) is 45.4 Å². The summed E-state index contributed by atoms with van der Waals surface area (Å²) in [6.45, 7) is 9.53. The van der Waals surface area contributed by atoms with E-state index in [4.69, 9.17) is 4.74 Å². The molecule has 1 aromatic carbocycles. The first kappa shape index (κ1) is 24.4. The number of hydrogen-bond acceptors (Lipinski definition) is 3. The van der Waals surface area contributed by atoms with Gasteiger partial charge in [-0.1, -0.05) is 12.1 Å².